The van der Waals surface area contributed by atoms with E-state index in [1.807, 2.05) is 0 Å². The number of rotatable bonds is 3. The molecule has 1 fully saturated rings. The van der Waals surface area contributed by atoms with Crippen molar-refractivity contribution in [1.82, 2.24) is 5.32 Å². The van der Waals surface area contributed by atoms with Crippen molar-refractivity contribution in [3.05, 3.63) is 0 Å². The van der Waals surface area contributed by atoms with Crippen LogP contribution in [0.25, 0.3) is 0 Å². The molecule has 2 atom stereocenters. The maximum absolute atomic E-state index is 5.54. The summed E-state index contributed by atoms with van der Waals surface area (Å²) in [4.78, 5) is 0. The molecule has 3 heteroatoms. The molecule has 0 spiro atoms. The predicted octanol–water partition coefficient (Wildman–Crippen LogP) is 1.53. The normalized spacial score (nSPS) is 30.9. The third-order valence-corrected chi connectivity index (χ3v) is 2.54. The molecule has 0 aliphatic carbocycles. The van der Waals surface area contributed by atoms with Gasteiger partial charge >= 0.3 is 0 Å². The van der Waals surface area contributed by atoms with Crippen LogP contribution in [0.15, 0.2) is 0 Å². The van der Waals surface area contributed by atoms with Crippen LogP contribution in [-0.2, 0) is 9.47 Å². The van der Waals surface area contributed by atoms with Gasteiger partial charge in [-0.15, -0.1) is 0 Å². The second-order valence-electron chi connectivity index (χ2n) is 3.77. The van der Waals surface area contributed by atoms with E-state index in [2.05, 4.69) is 12.2 Å². The summed E-state index contributed by atoms with van der Waals surface area (Å²) in [7, 11) is 1.67. The van der Waals surface area contributed by atoms with Gasteiger partial charge in [-0.2, -0.15) is 0 Å². The summed E-state index contributed by atoms with van der Waals surface area (Å²) in [6.07, 6.45) is 5.18. The van der Waals surface area contributed by atoms with Crippen molar-refractivity contribution >= 4 is 0 Å². The van der Waals surface area contributed by atoms with E-state index in [9.17, 15) is 0 Å². The number of methoxy groups -OCH3 is 1. The van der Waals surface area contributed by atoms with Crippen LogP contribution in [0, 0.1) is 0 Å². The van der Waals surface area contributed by atoms with E-state index >= 15 is 0 Å². The molecular weight excluding hydrogens is 166 g/mol. The molecule has 0 amide bonds. The topological polar surface area (TPSA) is 30.5 Å². The summed E-state index contributed by atoms with van der Waals surface area (Å²) < 4.78 is 10.4. The smallest absolute Gasteiger partial charge is 0.146 e. The highest BCUT2D eigenvalue weighted by Crippen LogP contribution is 2.13. The lowest BCUT2D eigenvalue weighted by molar-refractivity contribution is -0.0780. The quantitative estimate of drug-likeness (QED) is 0.680. The van der Waals surface area contributed by atoms with Gasteiger partial charge in [0.15, 0.2) is 0 Å². The van der Waals surface area contributed by atoms with Gasteiger partial charge in [0.1, 0.15) is 6.79 Å². The summed E-state index contributed by atoms with van der Waals surface area (Å²) in [6, 6.07) is 0.670. The number of hydrogen-bond donors (Lipinski definition) is 1. The van der Waals surface area contributed by atoms with E-state index in [0.717, 1.165) is 13.0 Å². The van der Waals surface area contributed by atoms with Crippen LogP contribution in [0.1, 0.15) is 32.6 Å². The molecule has 0 bridgehead atoms. The lowest BCUT2D eigenvalue weighted by Crippen LogP contribution is -2.32. The first-order valence-electron chi connectivity index (χ1n) is 5.17. The third kappa shape index (κ3) is 4.60. The zero-order valence-electron chi connectivity index (χ0n) is 8.71. The first-order valence-corrected chi connectivity index (χ1v) is 5.17. The fourth-order valence-corrected chi connectivity index (χ4v) is 1.72. The molecule has 1 aliphatic rings. The van der Waals surface area contributed by atoms with Crippen LogP contribution in [-0.4, -0.2) is 32.6 Å². The Kier molecular flexibility index (Phi) is 5.35. The van der Waals surface area contributed by atoms with Crippen molar-refractivity contribution in [2.75, 3.05) is 20.4 Å². The van der Waals surface area contributed by atoms with Gasteiger partial charge in [-0.1, -0.05) is 0 Å². The van der Waals surface area contributed by atoms with E-state index in [1.54, 1.807) is 7.11 Å². The zero-order valence-corrected chi connectivity index (χ0v) is 8.71. The van der Waals surface area contributed by atoms with Crippen molar-refractivity contribution in [1.29, 1.82) is 0 Å². The van der Waals surface area contributed by atoms with Crippen LogP contribution in [0.2, 0.25) is 0 Å². The molecule has 1 aliphatic heterocycles. The monoisotopic (exact) mass is 187 g/mol. The minimum atomic E-state index is 0.389. The van der Waals surface area contributed by atoms with E-state index < -0.39 is 0 Å². The van der Waals surface area contributed by atoms with Gasteiger partial charge in [-0.05, 0) is 39.2 Å². The minimum Gasteiger partial charge on any atom is -0.359 e. The highest BCUT2D eigenvalue weighted by atomic mass is 16.7. The summed E-state index contributed by atoms with van der Waals surface area (Å²) in [6.45, 7) is 3.74. The van der Waals surface area contributed by atoms with Crippen molar-refractivity contribution in [2.45, 2.75) is 44.8 Å². The van der Waals surface area contributed by atoms with Gasteiger partial charge in [-0.25, -0.2) is 0 Å². The standard InChI is InChI=1S/C10H21NO2/c1-9-4-3-5-10(6-7-11-9)13-8-12-2/h9-11H,3-8H2,1-2H3. The number of hydrogen-bond acceptors (Lipinski definition) is 3. The second-order valence-corrected chi connectivity index (χ2v) is 3.77. The highest BCUT2D eigenvalue weighted by Gasteiger charge is 2.13. The van der Waals surface area contributed by atoms with Gasteiger partial charge < -0.3 is 14.8 Å². The largest absolute Gasteiger partial charge is 0.359 e. The maximum Gasteiger partial charge on any atom is 0.146 e. The Balaban J connectivity index is 2.16. The van der Waals surface area contributed by atoms with Gasteiger partial charge in [0, 0.05) is 13.2 Å². The SMILES string of the molecule is COCOC1CCCC(C)NCC1. The van der Waals surface area contributed by atoms with E-state index in [0.29, 0.717) is 18.9 Å². The molecule has 0 aromatic carbocycles. The molecule has 1 heterocycles. The molecule has 13 heavy (non-hydrogen) atoms. The maximum atomic E-state index is 5.54. The average molecular weight is 187 g/mol. The Morgan fingerprint density at radius 3 is 2.92 bits per heavy atom. The molecule has 2 unspecified atom stereocenters. The van der Waals surface area contributed by atoms with Crippen LogP contribution >= 0.6 is 0 Å². The fourth-order valence-electron chi connectivity index (χ4n) is 1.72. The lowest BCUT2D eigenvalue weighted by atomic mass is 10.0. The molecule has 78 valence electrons. The third-order valence-electron chi connectivity index (χ3n) is 2.54. The molecule has 1 saturated heterocycles. The highest BCUT2D eigenvalue weighted by molar-refractivity contribution is 4.69. The van der Waals surface area contributed by atoms with Crippen LogP contribution < -0.4 is 5.32 Å². The molecule has 0 aromatic heterocycles. The van der Waals surface area contributed by atoms with Gasteiger partial charge in [0.2, 0.25) is 0 Å². The minimum absolute atomic E-state index is 0.389. The van der Waals surface area contributed by atoms with E-state index in [-0.39, 0.29) is 0 Å². The van der Waals surface area contributed by atoms with Crippen molar-refractivity contribution in [3.8, 4) is 0 Å². The Morgan fingerprint density at radius 2 is 2.15 bits per heavy atom. The van der Waals surface area contributed by atoms with Crippen molar-refractivity contribution in [3.63, 3.8) is 0 Å². The molecule has 0 radical (unpaired) electrons. The van der Waals surface area contributed by atoms with Gasteiger partial charge in [-0.3, -0.25) is 0 Å². The average Bonchev–Trinajstić information content (AvgIpc) is 2.09. The Morgan fingerprint density at radius 1 is 1.31 bits per heavy atom. The Bertz CT molecular complexity index is 120. The van der Waals surface area contributed by atoms with Gasteiger partial charge in [0.05, 0.1) is 6.10 Å². The van der Waals surface area contributed by atoms with Crippen molar-refractivity contribution in [2.24, 2.45) is 0 Å². The first-order chi connectivity index (χ1) is 6.33. The van der Waals surface area contributed by atoms with Crippen LogP contribution in [0.5, 0.6) is 0 Å². The summed E-state index contributed by atoms with van der Waals surface area (Å²) in [5, 5.41) is 3.47. The lowest BCUT2D eigenvalue weighted by Gasteiger charge is -2.23. The fraction of sp³-hybridized carbons (Fsp3) is 1.00. The van der Waals surface area contributed by atoms with E-state index in [4.69, 9.17) is 9.47 Å². The van der Waals surface area contributed by atoms with E-state index in [1.165, 1.54) is 19.3 Å². The number of nitrogens with one attached hydrogen (secondary N) is 1. The summed E-state index contributed by atoms with van der Waals surface area (Å²) in [5.74, 6) is 0. The number of ether oxygens (including phenoxy) is 2. The predicted molar refractivity (Wildman–Crippen MR) is 52.7 cm³/mol. The Labute approximate surface area is 80.8 Å². The molecular formula is C10H21NO2. The molecule has 0 aromatic rings. The van der Waals surface area contributed by atoms with Crippen LogP contribution in [0.4, 0.5) is 0 Å². The molecule has 1 N–H and O–H groups in total. The van der Waals surface area contributed by atoms with Crippen molar-refractivity contribution < 1.29 is 9.47 Å². The van der Waals surface area contributed by atoms with Gasteiger partial charge in [0.25, 0.3) is 0 Å². The van der Waals surface area contributed by atoms with Crippen LogP contribution in [0.3, 0.4) is 0 Å². The molecule has 0 saturated carbocycles. The first kappa shape index (κ1) is 11.0. The summed E-state index contributed by atoms with van der Waals surface area (Å²) >= 11 is 0. The summed E-state index contributed by atoms with van der Waals surface area (Å²) in [5.41, 5.74) is 0. The second kappa shape index (κ2) is 6.35. The molecule has 1 rings (SSSR count). The zero-order chi connectivity index (χ0) is 9.52. The Hall–Kier alpha value is -0.120. The molecule has 3 nitrogen and oxygen atoms in total.